The minimum atomic E-state index is -0.291. The Morgan fingerprint density at radius 1 is 1.35 bits per heavy atom. The number of methoxy groups -OCH3 is 2. The third-order valence-corrected chi connectivity index (χ3v) is 6.60. The number of ether oxygens (including phenoxy) is 4. The normalized spacial score (nSPS) is 40.4. The van der Waals surface area contributed by atoms with Gasteiger partial charge in [-0.1, -0.05) is 24.6 Å². The van der Waals surface area contributed by atoms with Crippen molar-refractivity contribution >= 4 is 0 Å². The largest absolute Gasteiger partial charge is 0.366 e. The number of rotatable bonds is 6. The second kappa shape index (κ2) is 8.14. The first-order chi connectivity index (χ1) is 12.4. The van der Waals surface area contributed by atoms with Gasteiger partial charge in [-0.2, -0.15) is 0 Å². The lowest BCUT2D eigenvalue weighted by molar-refractivity contribution is -0.194. The molecule has 2 heterocycles. The molecule has 0 radical (unpaired) electrons. The molecule has 0 bridgehead atoms. The quantitative estimate of drug-likeness (QED) is 0.499. The molecule has 0 aromatic carbocycles. The molecular formula is C22H36O4. The van der Waals surface area contributed by atoms with Gasteiger partial charge in [0.1, 0.15) is 0 Å². The molecule has 4 nitrogen and oxygen atoms in total. The van der Waals surface area contributed by atoms with E-state index >= 15 is 0 Å². The van der Waals surface area contributed by atoms with Gasteiger partial charge in [0.25, 0.3) is 0 Å². The summed E-state index contributed by atoms with van der Waals surface area (Å²) >= 11 is 0. The number of allylic oxidation sites excluding steroid dienone is 2. The molecule has 3 aliphatic rings. The summed E-state index contributed by atoms with van der Waals surface area (Å²) in [5, 5.41) is 0. The highest BCUT2D eigenvalue weighted by Gasteiger charge is 2.54. The van der Waals surface area contributed by atoms with Gasteiger partial charge in [0.05, 0.1) is 11.7 Å². The number of hydrogen-bond acceptors (Lipinski definition) is 4. The van der Waals surface area contributed by atoms with Gasteiger partial charge in [-0.3, -0.25) is 0 Å². The van der Waals surface area contributed by atoms with Gasteiger partial charge in [-0.15, -0.1) is 0 Å². The van der Waals surface area contributed by atoms with Crippen molar-refractivity contribution < 1.29 is 18.9 Å². The van der Waals surface area contributed by atoms with Gasteiger partial charge < -0.3 is 18.9 Å². The molecule has 2 fully saturated rings. The van der Waals surface area contributed by atoms with Crippen LogP contribution in [0.15, 0.2) is 23.3 Å². The second-order valence-electron chi connectivity index (χ2n) is 8.73. The van der Waals surface area contributed by atoms with E-state index in [2.05, 4.69) is 39.8 Å². The molecule has 1 unspecified atom stereocenters. The van der Waals surface area contributed by atoms with Crippen LogP contribution in [0.25, 0.3) is 0 Å². The van der Waals surface area contributed by atoms with E-state index in [1.54, 1.807) is 14.2 Å². The number of epoxide rings is 1. The van der Waals surface area contributed by atoms with Gasteiger partial charge >= 0.3 is 0 Å². The molecule has 1 aliphatic carbocycles. The fourth-order valence-electron chi connectivity index (χ4n) is 4.85. The van der Waals surface area contributed by atoms with Crippen LogP contribution in [0.3, 0.4) is 0 Å². The Morgan fingerprint density at radius 2 is 2.12 bits per heavy atom. The molecule has 148 valence electrons. The molecule has 0 aromatic rings. The van der Waals surface area contributed by atoms with Gasteiger partial charge in [-0.05, 0) is 70.3 Å². The predicted octanol–water partition coefficient (Wildman–Crippen LogP) is 4.84. The standard InChI is InChI=1S/C22H36O4/c1-14(2)8-7-9-15(3)16-12-13-22(4)18(26-22)11-10-17-19(16)21(24-6)25-20(17)23-5/h8,10,15-16,18-21H,7,9,11-13H2,1-6H3/t15-,16+,18-,19+,20?,21+,22+/m0/s1. The van der Waals surface area contributed by atoms with E-state index in [0.717, 1.165) is 25.7 Å². The molecule has 0 saturated carbocycles. The molecule has 0 aromatic heterocycles. The van der Waals surface area contributed by atoms with Gasteiger partial charge in [0.2, 0.25) is 0 Å². The Hall–Kier alpha value is -0.680. The summed E-state index contributed by atoms with van der Waals surface area (Å²) in [6.07, 6.45) is 10.0. The highest BCUT2D eigenvalue weighted by atomic mass is 16.8. The van der Waals surface area contributed by atoms with Crippen molar-refractivity contribution in [3.63, 3.8) is 0 Å². The smallest absolute Gasteiger partial charge is 0.182 e. The number of fused-ring (bicyclic) bond motifs is 2. The summed E-state index contributed by atoms with van der Waals surface area (Å²) in [5.41, 5.74) is 2.71. The maximum atomic E-state index is 6.09. The van der Waals surface area contributed by atoms with Crippen molar-refractivity contribution in [2.24, 2.45) is 17.8 Å². The topological polar surface area (TPSA) is 40.2 Å². The molecule has 3 rings (SSSR count). The third kappa shape index (κ3) is 4.09. The van der Waals surface area contributed by atoms with Crippen LogP contribution in [-0.2, 0) is 18.9 Å². The van der Waals surface area contributed by atoms with Crippen LogP contribution in [0.5, 0.6) is 0 Å². The Morgan fingerprint density at radius 3 is 2.77 bits per heavy atom. The SMILES string of the molecule is COC1O[C@@H](OC)[C@H]2C1=CC[C@@H]1O[C@]1(C)CC[C@@H]2[C@@H](C)CCC=C(C)C. The Labute approximate surface area is 158 Å². The van der Waals surface area contributed by atoms with Crippen LogP contribution < -0.4 is 0 Å². The minimum Gasteiger partial charge on any atom is -0.366 e. The first-order valence-corrected chi connectivity index (χ1v) is 10.1. The van der Waals surface area contributed by atoms with Gasteiger partial charge in [0.15, 0.2) is 12.6 Å². The van der Waals surface area contributed by atoms with Gasteiger partial charge in [-0.25, -0.2) is 0 Å². The summed E-state index contributed by atoms with van der Waals surface area (Å²) < 4.78 is 23.5. The average molecular weight is 365 g/mol. The van der Waals surface area contributed by atoms with E-state index < -0.39 is 0 Å². The van der Waals surface area contributed by atoms with Crippen molar-refractivity contribution in [2.45, 2.75) is 84.1 Å². The van der Waals surface area contributed by atoms with Crippen molar-refractivity contribution in [1.29, 1.82) is 0 Å². The lowest BCUT2D eigenvalue weighted by Gasteiger charge is -2.32. The molecule has 0 N–H and O–H groups in total. The highest BCUT2D eigenvalue weighted by molar-refractivity contribution is 5.20. The van der Waals surface area contributed by atoms with E-state index in [9.17, 15) is 0 Å². The summed E-state index contributed by atoms with van der Waals surface area (Å²) in [6.45, 7) is 9.00. The lowest BCUT2D eigenvalue weighted by atomic mass is 9.74. The molecule has 7 atom stereocenters. The lowest BCUT2D eigenvalue weighted by Crippen LogP contribution is -2.31. The number of hydrogen-bond donors (Lipinski definition) is 0. The highest BCUT2D eigenvalue weighted by Crippen LogP contribution is 2.50. The summed E-state index contributed by atoms with van der Waals surface area (Å²) in [4.78, 5) is 0. The molecule has 2 saturated heterocycles. The molecule has 2 aliphatic heterocycles. The van der Waals surface area contributed by atoms with Crippen molar-refractivity contribution in [1.82, 2.24) is 0 Å². The zero-order valence-corrected chi connectivity index (χ0v) is 17.3. The first kappa shape index (κ1) is 20.1. The van der Waals surface area contributed by atoms with E-state index in [-0.39, 0.29) is 24.1 Å². The van der Waals surface area contributed by atoms with Crippen LogP contribution in [0.2, 0.25) is 0 Å². The van der Waals surface area contributed by atoms with Crippen LogP contribution in [-0.4, -0.2) is 38.5 Å². The second-order valence-corrected chi connectivity index (χ2v) is 8.73. The summed E-state index contributed by atoms with van der Waals surface area (Å²) in [6, 6.07) is 0. The van der Waals surface area contributed by atoms with Crippen LogP contribution in [0.1, 0.15) is 59.8 Å². The average Bonchev–Trinajstić information content (AvgIpc) is 3.09. The molecule has 26 heavy (non-hydrogen) atoms. The minimum absolute atomic E-state index is 0.0551. The van der Waals surface area contributed by atoms with E-state index in [1.807, 2.05) is 0 Å². The van der Waals surface area contributed by atoms with E-state index in [1.165, 1.54) is 17.6 Å². The van der Waals surface area contributed by atoms with Gasteiger partial charge in [0, 0.05) is 20.1 Å². The maximum Gasteiger partial charge on any atom is 0.182 e. The van der Waals surface area contributed by atoms with Crippen molar-refractivity contribution in [3.8, 4) is 0 Å². The van der Waals surface area contributed by atoms with Crippen molar-refractivity contribution in [3.05, 3.63) is 23.3 Å². The fourth-order valence-corrected chi connectivity index (χ4v) is 4.85. The van der Waals surface area contributed by atoms with Crippen LogP contribution in [0.4, 0.5) is 0 Å². The summed E-state index contributed by atoms with van der Waals surface area (Å²) in [7, 11) is 3.47. The molecular weight excluding hydrogens is 328 g/mol. The predicted molar refractivity (Wildman–Crippen MR) is 103 cm³/mol. The third-order valence-electron chi connectivity index (χ3n) is 6.60. The Kier molecular flexibility index (Phi) is 6.28. The first-order valence-electron chi connectivity index (χ1n) is 10.1. The van der Waals surface area contributed by atoms with Crippen molar-refractivity contribution in [2.75, 3.05) is 14.2 Å². The van der Waals surface area contributed by atoms with E-state index in [0.29, 0.717) is 17.9 Å². The molecule has 0 spiro atoms. The maximum absolute atomic E-state index is 6.09. The summed E-state index contributed by atoms with van der Waals surface area (Å²) in [5.74, 6) is 1.37. The Bertz CT molecular complexity index is 550. The monoisotopic (exact) mass is 364 g/mol. The molecule has 0 amide bonds. The fraction of sp³-hybridized carbons (Fsp3) is 0.818. The van der Waals surface area contributed by atoms with Crippen LogP contribution >= 0.6 is 0 Å². The molecule has 4 heteroatoms. The Balaban J connectivity index is 1.84. The van der Waals surface area contributed by atoms with E-state index in [4.69, 9.17) is 18.9 Å². The van der Waals surface area contributed by atoms with Crippen LogP contribution in [0, 0.1) is 17.8 Å². The zero-order valence-electron chi connectivity index (χ0n) is 17.3. The zero-order chi connectivity index (χ0) is 18.9.